The predicted octanol–water partition coefficient (Wildman–Crippen LogP) is 3.19. The summed E-state index contributed by atoms with van der Waals surface area (Å²) >= 11 is 0. The maximum absolute atomic E-state index is 12.2. The minimum absolute atomic E-state index is 0.123. The second kappa shape index (κ2) is 6.36. The molecule has 1 N–H and O–H groups in total. The van der Waals surface area contributed by atoms with Crippen molar-refractivity contribution in [1.82, 2.24) is 0 Å². The van der Waals surface area contributed by atoms with Crippen molar-refractivity contribution in [2.75, 3.05) is 12.4 Å². The van der Waals surface area contributed by atoms with E-state index in [4.69, 9.17) is 9.15 Å². The second-order valence-electron chi connectivity index (χ2n) is 4.97. The highest BCUT2D eigenvalue weighted by atomic mass is 16.5. The van der Waals surface area contributed by atoms with Crippen LogP contribution in [0.15, 0.2) is 63.8 Å². The Morgan fingerprint density at radius 1 is 1.09 bits per heavy atom. The largest absolute Gasteiger partial charge is 0.465 e. The summed E-state index contributed by atoms with van der Waals surface area (Å²) in [4.78, 5) is 24.1. The standard InChI is InChI=1S/C18H15NO4/c1-22-17(20)15-16(19-11-12-7-3-2-4-8-12)13-9-5-6-10-14(13)23-18(15)21/h2-10,19H,11H2,1H3. The highest BCUT2D eigenvalue weighted by Crippen LogP contribution is 2.26. The topological polar surface area (TPSA) is 68.5 Å². The maximum Gasteiger partial charge on any atom is 0.353 e. The molecule has 0 bridgehead atoms. The fourth-order valence-electron chi connectivity index (χ4n) is 2.41. The first-order valence-corrected chi connectivity index (χ1v) is 7.12. The Morgan fingerprint density at radius 3 is 2.52 bits per heavy atom. The van der Waals surface area contributed by atoms with E-state index in [1.54, 1.807) is 18.2 Å². The molecule has 2 aromatic carbocycles. The van der Waals surface area contributed by atoms with Crippen molar-refractivity contribution < 1.29 is 13.9 Å². The molecule has 0 aliphatic heterocycles. The number of carbonyl (C=O) groups is 1. The molecule has 0 radical (unpaired) electrons. The summed E-state index contributed by atoms with van der Waals surface area (Å²) < 4.78 is 9.93. The molecule has 5 heteroatoms. The van der Waals surface area contributed by atoms with Crippen LogP contribution in [-0.4, -0.2) is 13.1 Å². The van der Waals surface area contributed by atoms with Crippen molar-refractivity contribution in [3.05, 3.63) is 76.1 Å². The van der Waals surface area contributed by atoms with Gasteiger partial charge in [0.1, 0.15) is 5.58 Å². The van der Waals surface area contributed by atoms with Crippen molar-refractivity contribution in [2.24, 2.45) is 0 Å². The second-order valence-corrected chi connectivity index (χ2v) is 4.97. The van der Waals surface area contributed by atoms with Crippen molar-refractivity contribution in [3.8, 4) is 0 Å². The molecule has 1 aromatic heterocycles. The van der Waals surface area contributed by atoms with E-state index in [0.717, 1.165) is 5.56 Å². The van der Waals surface area contributed by atoms with E-state index in [-0.39, 0.29) is 5.56 Å². The van der Waals surface area contributed by atoms with Crippen LogP contribution < -0.4 is 10.9 Å². The van der Waals surface area contributed by atoms with E-state index in [0.29, 0.717) is 23.2 Å². The van der Waals surface area contributed by atoms with Gasteiger partial charge in [-0.1, -0.05) is 42.5 Å². The Hall–Kier alpha value is -3.08. The number of nitrogens with one attached hydrogen (secondary N) is 1. The average Bonchev–Trinajstić information content (AvgIpc) is 2.59. The number of methoxy groups -OCH3 is 1. The molecule has 0 atom stereocenters. The monoisotopic (exact) mass is 309 g/mol. The summed E-state index contributed by atoms with van der Waals surface area (Å²) in [6, 6.07) is 16.8. The molecule has 116 valence electrons. The van der Waals surface area contributed by atoms with E-state index >= 15 is 0 Å². The van der Waals surface area contributed by atoms with E-state index in [2.05, 4.69) is 5.32 Å². The summed E-state index contributed by atoms with van der Waals surface area (Å²) in [5.74, 6) is -0.722. The smallest absolute Gasteiger partial charge is 0.353 e. The first kappa shape index (κ1) is 14.8. The normalized spacial score (nSPS) is 10.5. The summed E-state index contributed by atoms with van der Waals surface area (Å²) in [6.45, 7) is 0.471. The fourth-order valence-corrected chi connectivity index (χ4v) is 2.41. The van der Waals surface area contributed by atoms with Gasteiger partial charge in [0.05, 0.1) is 12.8 Å². The van der Waals surface area contributed by atoms with E-state index in [9.17, 15) is 9.59 Å². The Balaban J connectivity index is 2.11. The Bertz CT molecular complexity index is 900. The van der Waals surface area contributed by atoms with Crippen LogP contribution in [0.3, 0.4) is 0 Å². The molecule has 0 aliphatic rings. The molecule has 0 aliphatic carbocycles. The third-order valence-electron chi connectivity index (χ3n) is 3.51. The lowest BCUT2D eigenvalue weighted by atomic mass is 10.1. The van der Waals surface area contributed by atoms with Gasteiger partial charge in [-0.05, 0) is 17.7 Å². The molecule has 0 amide bonds. The number of carbonyl (C=O) groups excluding carboxylic acids is 1. The maximum atomic E-state index is 12.2. The molecule has 1 heterocycles. The van der Waals surface area contributed by atoms with Crippen molar-refractivity contribution >= 4 is 22.6 Å². The van der Waals surface area contributed by atoms with Gasteiger partial charge in [-0.25, -0.2) is 9.59 Å². The SMILES string of the molecule is COC(=O)c1c(NCc2ccccc2)c2ccccc2oc1=O. The van der Waals surface area contributed by atoms with Crippen LogP contribution in [0, 0.1) is 0 Å². The zero-order valence-corrected chi connectivity index (χ0v) is 12.5. The number of fused-ring (bicyclic) bond motifs is 1. The Kier molecular flexibility index (Phi) is 4.10. The van der Waals surface area contributed by atoms with E-state index in [1.165, 1.54) is 7.11 Å². The van der Waals surface area contributed by atoms with Gasteiger partial charge in [0.2, 0.25) is 0 Å². The lowest BCUT2D eigenvalue weighted by molar-refractivity contribution is 0.0597. The van der Waals surface area contributed by atoms with Crippen LogP contribution in [0.4, 0.5) is 5.69 Å². The number of anilines is 1. The van der Waals surface area contributed by atoms with Crippen LogP contribution in [0.25, 0.3) is 11.0 Å². The van der Waals surface area contributed by atoms with Gasteiger partial charge in [0.15, 0.2) is 5.56 Å². The van der Waals surface area contributed by atoms with Crippen LogP contribution in [-0.2, 0) is 11.3 Å². The lowest BCUT2D eigenvalue weighted by Crippen LogP contribution is -2.19. The predicted molar refractivity (Wildman–Crippen MR) is 87.6 cm³/mol. The molecular formula is C18H15NO4. The number of ether oxygens (including phenoxy) is 1. The first-order valence-electron chi connectivity index (χ1n) is 7.12. The van der Waals surface area contributed by atoms with Gasteiger partial charge in [0, 0.05) is 11.9 Å². The average molecular weight is 309 g/mol. The number of hydrogen-bond acceptors (Lipinski definition) is 5. The van der Waals surface area contributed by atoms with Gasteiger partial charge in [-0.15, -0.1) is 0 Å². The minimum Gasteiger partial charge on any atom is -0.465 e. The van der Waals surface area contributed by atoms with Crippen molar-refractivity contribution in [2.45, 2.75) is 6.54 Å². The van der Waals surface area contributed by atoms with Gasteiger partial charge >= 0.3 is 11.6 Å². The zero-order valence-electron chi connectivity index (χ0n) is 12.5. The fraction of sp³-hybridized carbons (Fsp3) is 0.111. The Morgan fingerprint density at radius 2 is 1.78 bits per heavy atom. The molecule has 3 rings (SSSR count). The molecule has 0 saturated heterocycles. The third kappa shape index (κ3) is 2.94. The highest BCUT2D eigenvalue weighted by Gasteiger charge is 2.21. The number of esters is 1. The third-order valence-corrected chi connectivity index (χ3v) is 3.51. The van der Waals surface area contributed by atoms with Crippen LogP contribution >= 0.6 is 0 Å². The quantitative estimate of drug-likeness (QED) is 0.592. The van der Waals surface area contributed by atoms with Gasteiger partial charge in [-0.2, -0.15) is 0 Å². The molecule has 0 saturated carbocycles. The van der Waals surface area contributed by atoms with E-state index in [1.807, 2.05) is 36.4 Å². The van der Waals surface area contributed by atoms with Gasteiger partial charge in [0.25, 0.3) is 0 Å². The molecule has 23 heavy (non-hydrogen) atoms. The lowest BCUT2D eigenvalue weighted by Gasteiger charge is -2.12. The van der Waals surface area contributed by atoms with E-state index < -0.39 is 11.6 Å². The Labute approximate surface area is 132 Å². The van der Waals surface area contributed by atoms with Crippen LogP contribution in [0.1, 0.15) is 15.9 Å². The molecule has 3 aromatic rings. The number of rotatable bonds is 4. The zero-order chi connectivity index (χ0) is 16.2. The summed E-state index contributed by atoms with van der Waals surface area (Å²) in [6.07, 6.45) is 0. The highest BCUT2D eigenvalue weighted by molar-refractivity contribution is 6.03. The molecule has 0 spiro atoms. The molecule has 0 unspecified atom stereocenters. The first-order chi connectivity index (χ1) is 11.2. The number of benzene rings is 2. The van der Waals surface area contributed by atoms with Crippen LogP contribution in [0.2, 0.25) is 0 Å². The molecular weight excluding hydrogens is 294 g/mol. The van der Waals surface area contributed by atoms with Crippen LogP contribution in [0.5, 0.6) is 0 Å². The minimum atomic E-state index is -0.722. The van der Waals surface area contributed by atoms with Gasteiger partial charge in [-0.3, -0.25) is 0 Å². The summed E-state index contributed by atoms with van der Waals surface area (Å²) in [5.41, 5.74) is 1.03. The van der Waals surface area contributed by atoms with Crippen molar-refractivity contribution in [1.29, 1.82) is 0 Å². The molecule has 5 nitrogen and oxygen atoms in total. The summed E-state index contributed by atoms with van der Waals surface area (Å²) in [7, 11) is 1.23. The number of hydrogen-bond donors (Lipinski definition) is 1. The summed E-state index contributed by atoms with van der Waals surface area (Å²) in [5, 5.41) is 3.82. The van der Waals surface area contributed by atoms with Crippen molar-refractivity contribution in [3.63, 3.8) is 0 Å². The molecule has 0 fully saturated rings. The van der Waals surface area contributed by atoms with Gasteiger partial charge < -0.3 is 14.5 Å². The number of para-hydroxylation sites is 1.